The maximum atomic E-state index is 13.1. The molecule has 2 amide bonds. The van der Waals surface area contributed by atoms with Gasteiger partial charge < -0.3 is 10.2 Å². The van der Waals surface area contributed by atoms with Gasteiger partial charge >= 0.3 is 0 Å². The van der Waals surface area contributed by atoms with Crippen LogP contribution in [0.1, 0.15) is 15.4 Å². The zero-order valence-electron chi connectivity index (χ0n) is 15.5. The third-order valence-electron chi connectivity index (χ3n) is 3.78. The van der Waals surface area contributed by atoms with E-state index in [2.05, 4.69) is 10.3 Å². The van der Waals surface area contributed by atoms with E-state index in [0.717, 1.165) is 22.2 Å². The molecule has 8 heteroatoms. The number of hydrogen-bond acceptors (Lipinski definition) is 5. The number of benzene rings is 2. The van der Waals surface area contributed by atoms with Gasteiger partial charge in [-0.3, -0.25) is 9.59 Å². The molecule has 3 rings (SSSR count). The monoisotopic (exact) mass is 415 g/mol. The number of aromatic nitrogens is 1. The lowest BCUT2D eigenvalue weighted by molar-refractivity contribution is 0.103. The molecule has 0 saturated carbocycles. The molecule has 3 aromatic rings. The number of thioether (sulfide) groups is 1. The Morgan fingerprint density at radius 1 is 1.07 bits per heavy atom. The molecule has 144 valence electrons. The third-order valence-corrected chi connectivity index (χ3v) is 6.03. The number of hydrogen-bond donors (Lipinski definition) is 1. The smallest absolute Gasteiger partial charge is 0.285 e. The van der Waals surface area contributed by atoms with Gasteiger partial charge in [0.05, 0.1) is 5.69 Å². The molecular formula is C20H18FN3O2S2. The Morgan fingerprint density at radius 2 is 1.71 bits per heavy atom. The molecule has 0 radical (unpaired) electrons. The van der Waals surface area contributed by atoms with Gasteiger partial charge in [0.25, 0.3) is 11.1 Å². The van der Waals surface area contributed by atoms with Gasteiger partial charge in [-0.25, -0.2) is 9.37 Å². The molecule has 1 heterocycles. The Balaban J connectivity index is 1.71. The highest BCUT2D eigenvalue weighted by atomic mass is 32.2. The normalized spacial score (nSPS) is 10.6. The molecule has 0 bridgehead atoms. The Bertz CT molecular complexity index is 999. The van der Waals surface area contributed by atoms with E-state index in [1.54, 1.807) is 57.4 Å². The van der Waals surface area contributed by atoms with Gasteiger partial charge in [-0.1, -0.05) is 0 Å². The maximum absolute atomic E-state index is 13.1. The van der Waals surface area contributed by atoms with Crippen molar-refractivity contribution in [3.05, 3.63) is 64.9 Å². The predicted molar refractivity (Wildman–Crippen MR) is 112 cm³/mol. The van der Waals surface area contributed by atoms with E-state index in [0.29, 0.717) is 21.3 Å². The van der Waals surface area contributed by atoms with Gasteiger partial charge in [0.15, 0.2) is 0 Å². The van der Waals surface area contributed by atoms with Crippen LogP contribution in [0, 0.1) is 12.7 Å². The first kappa shape index (κ1) is 20.0. The van der Waals surface area contributed by atoms with Gasteiger partial charge in [-0.05, 0) is 67.2 Å². The van der Waals surface area contributed by atoms with E-state index in [1.165, 1.54) is 28.4 Å². The van der Waals surface area contributed by atoms with Crippen molar-refractivity contribution in [3.8, 4) is 10.6 Å². The molecule has 0 spiro atoms. The molecule has 0 aliphatic rings. The minimum atomic E-state index is -0.316. The second kappa shape index (κ2) is 8.53. The molecule has 5 nitrogen and oxygen atoms in total. The van der Waals surface area contributed by atoms with Crippen molar-refractivity contribution >= 4 is 39.9 Å². The van der Waals surface area contributed by atoms with Crippen LogP contribution in [-0.2, 0) is 0 Å². The standard InChI is InChI=1S/C20H18FN3O2S2/c1-12-17(28-19(22-12)13-4-6-14(21)7-5-13)18(25)23-15-8-10-16(11-9-15)27-20(26)24(2)3/h4-11H,1-3H3,(H,23,25). The van der Waals surface area contributed by atoms with E-state index in [9.17, 15) is 14.0 Å². The van der Waals surface area contributed by atoms with Crippen molar-refractivity contribution in [2.75, 3.05) is 19.4 Å². The van der Waals surface area contributed by atoms with Gasteiger partial charge in [0.1, 0.15) is 15.7 Å². The lowest BCUT2D eigenvalue weighted by Gasteiger charge is -2.09. The van der Waals surface area contributed by atoms with E-state index < -0.39 is 0 Å². The molecule has 28 heavy (non-hydrogen) atoms. The van der Waals surface area contributed by atoms with Crippen molar-refractivity contribution in [1.82, 2.24) is 9.88 Å². The maximum Gasteiger partial charge on any atom is 0.285 e. The molecule has 0 atom stereocenters. The minimum Gasteiger partial charge on any atom is -0.339 e. The van der Waals surface area contributed by atoms with Crippen LogP contribution >= 0.6 is 23.1 Å². The summed E-state index contributed by atoms with van der Waals surface area (Å²) in [6.07, 6.45) is 0. The van der Waals surface area contributed by atoms with Crippen LogP contribution in [0.15, 0.2) is 53.4 Å². The summed E-state index contributed by atoms with van der Waals surface area (Å²) >= 11 is 2.38. The summed E-state index contributed by atoms with van der Waals surface area (Å²) in [5.41, 5.74) is 2.01. The average Bonchev–Trinajstić information content (AvgIpc) is 3.05. The zero-order chi connectivity index (χ0) is 20.3. The SMILES string of the molecule is Cc1nc(-c2ccc(F)cc2)sc1C(=O)Nc1ccc(SC(=O)N(C)C)cc1. The molecule has 1 aromatic heterocycles. The fourth-order valence-electron chi connectivity index (χ4n) is 2.31. The van der Waals surface area contributed by atoms with Crippen molar-refractivity contribution in [2.24, 2.45) is 0 Å². The average molecular weight is 416 g/mol. The van der Waals surface area contributed by atoms with Crippen LogP contribution in [0.25, 0.3) is 10.6 Å². The number of anilines is 1. The van der Waals surface area contributed by atoms with Gasteiger partial charge in [0, 0.05) is 30.2 Å². The minimum absolute atomic E-state index is 0.0645. The molecular weight excluding hydrogens is 397 g/mol. The molecule has 0 unspecified atom stereocenters. The van der Waals surface area contributed by atoms with E-state index in [1.807, 2.05) is 0 Å². The number of rotatable bonds is 4. The second-order valence-electron chi connectivity index (χ2n) is 6.18. The van der Waals surface area contributed by atoms with Crippen molar-refractivity contribution < 1.29 is 14.0 Å². The molecule has 0 saturated heterocycles. The van der Waals surface area contributed by atoms with E-state index >= 15 is 0 Å². The third kappa shape index (κ3) is 4.76. The lowest BCUT2D eigenvalue weighted by atomic mass is 10.2. The van der Waals surface area contributed by atoms with Crippen LogP contribution in [0.5, 0.6) is 0 Å². The number of aryl methyl sites for hydroxylation is 1. The number of nitrogens with one attached hydrogen (secondary N) is 1. The first-order valence-electron chi connectivity index (χ1n) is 8.37. The Morgan fingerprint density at radius 3 is 2.32 bits per heavy atom. The highest BCUT2D eigenvalue weighted by molar-refractivity contribution is 8.13. The highest BCUT2D eigenvalue weighted by Gasteiger charge is 2.17. The quantitative estimate of drug-likeness (QED) is 0.589. The predicted octanol–water partition coefficient (Wildman–Crippen LogP) is 5.28. The van der Waals surface area contributed by atoms with Crippen LogP contribution < -0.4 is 5.32 Å². The van der Waals surface area contributed by atoms with Gasteiger partial charge in [0.2, 0.25) is 0 Å². The summed E-state index contributed by atoms with van der Waals surface area (Å²) in [4.78, 5) is 31.6. The molecule has 0 fully saturated rings. The summed E-state index contributed by atoms with van der Waals surface area (Å²) in [6.45, 7) is 1.77. The summed E-state index contributed by atoms with van der Waals surface area (Å²) < 4.78 is 13.1. The molecule has 2 aromatic carbocycles. The van der Waals surface area contributed by atoms with E-state index in [-0.39, 0.29) is 17.0 Å². The topological polar surface area (TPSA) is 62.3 Å². The van der Waals surface area contributed by atoms with Crippen LogP contribution in [0.2, 0.25) is 0 Å². The fourth-order valence-corrected chi connectivity index (χ4v) is 3.93. The second-order valence-corrected chi connectivity index (χ2v) is 8.21. The van der Waals surface area contributed by atoms with Crippen LogP contribution in [-0.4, -0.2) is 35.1 Å². The first-order valence-corrected chi connectivity index (χ1v) is 10.0. The Kier molecular flexibility index (Phi) is 6.11. The zero-order valence-corrected chi connectivity index (χ0v) is 17.2. The van der Waals surface area contributed by atoms with Crippen LogP contribution in [0.3, 0.4) is 0 Å². The number of nitrogens with zero attached hydrogens (tertiary/aromatic N) is 2. The van der Waals surface area contributed by atoms with Gasteiger partial charge in [-0.15, -0.1) is 11.3 Å². The van der Waals surface area contributed by atoms with Crippen molar-refractivity contribution in [2.45, 2.75) is 11.8 Å². The molecule has 1 N–H and O–H groups in total. The molecule has 0 aliphatic heterocycles. The van der Waals surface area contributed by atoms with Crippen molar-refractivity contribution in [1.29, 1.82) is 0 Å². The first-order chi connectivity index (χ1) is 13.3. The number of amides is 2. The summed E-state index contributed by atoms with van der Waals surface area (Å²) in [6, 6.07) is 13.1. The number of carbonyl (C=O) groups is 2. The van der Waals surface area contributed by atoms with Crippen LogP contribution in [0.4, 0.5) is 14.9 Å². The van der Waals surface area contributed by atoms with Gasteiger partial charge in [-0.2, -0.15) is 0 Å². The summed E-state index contributed by atoms with van der Waals surface area (Å²) in [5.74, 6) is -0.572. The Labute approximate surface area is 170 Å². The Hall–Kier alpha value is -2.71. The largest absolute Gasteiger partial charge is 0.339 e. The number of thiazole rings is 1. The lowest BCUT2D eigenvalue weighted by Crippen LogP contribution is -2.16. The summed E-state index contributed by atoms with van der Waals surface area (Å²) in [5, 5.41) is 3.44. The number of halogens is 1. The van der Waals surface area contributed by atoms with E-state index in [4.69, 9.17) is 0 Å². The van der Waals surface area contributed by atoms with Crippen molar-refractivity contribution in [3.63, 3.8) is 0 Å². The highest BCUT2D eigenvalue weighted by Crippen LogP contribution is 2.29. The number of carbonyl (C=O) groups excluding carboxylic acids is 2. The molecule has 0 aliphatic carbocycles. The summed E-state index contributed by atoms with van der Waals surface area (Å²) in [7, 11) is 3.39. The fraction of sp³-hybridized carbons (Fsp3) is 0.150.